The molecule has 0 amide bonds. The number of benzene rings is 1. The summed E-state index contributed by atoms with van der Waals surface area (Å²) >= 11 is 0. The van der Waals surface area contributed by atoms with Crippen LogP contribution in [0.4, 0.5) is 4.39 Å². The molecule has 0 saturated carbocycles. The van der Waals surface area contributed by atoms with E-state index in [1.165, 1.54) is 12.1 Å². The van der Waals surface area contributed by atoms with Gasteiger partial charge in [-0.3, -0.25) is 0 Å². The Hall–Kier alpha value is -0.940. The molecule has 19 heavy (non-hydrogen) atoms. The number of hydrogen-bond donors (Lipinski definition) is 1. The molecule has 1 rings (SSSR count). The van der Waals surface area contributed by atoms with Gasteiger partial charge in [0.25, 0.3) is 0 Å². The first kappa shape index (κ1) is 16.1. The number of rotatable bonds is 7. The SMILES string of the molecule is CCS(=O)(=O)CCCC(NC)c1cc(C)cc(F)c1. The predicted molar refractivity (Wildman–Crippen MR) is 76.5 cm³/mol. The zero-order chi connectivity index (χ0) is 14.5. The van der Waals surface area contributed by atoms with Crippen molar-refractivity contribution >= 4 is 9.84 Å². The van der Waals surface area contributed by atoms with E-state index in [2.05, 4.69) is 5.32 Å². The van der Waals surface area contributed by atoms with Gasteiger partial charge in [0.2, 0.25) is 0 Å². The Morgan fingerprint density at radius 2 is 2.00 bits per heavy atom. The summed E-state index contributed by atoms with van der Waals surface area (Å²) in [5.74, 6) is 0.114. The Kier molecular flexibility index (Phi) is 5.94. The van der Waals surface area contributed by atoms with Gasteiger partial charge in [-0.25, -0.2) is 12.8 Å². The van der Waals surface area contributed by atoms with Crippen LogP contribution in [0, 0.1) is 12.7 Å². The van der Waals surface area contributed by atoms with Crippen molar-refractivity contribution in [1.82, 2.24) is 5.32 Å². The van der Waals surface area contributed by atoms with Crippen LogP contribution >= 0.6 is 0 Å². The maximum atomic E-state index is 13.4. The molecule has 0 aliphatic rings. The van der Waals surface area contributed by atoms with Crippen LogP contribution in [0.2, 0.25) is 0 Å². The van der Waals surface area contributed by atoms with E-state index < -0.39 is 9.84 Å². The first-order valence-electron chi connectivity index (χ1n) is 6.52. The fourth-order valence-electron chi connectivity index (χ4n) is 2.10. The van der Waals surface area contributed by atoms with E-state index in [0.717, 1.165) is 11.1 Å². The fraction of sp³-hybridized carbons (Fsp3) is 0.571. The Bertz CT molecular complexity index is 494. The molecule has 1 aromatic rings. The van der Waals surface area contributed by atoms with E-state index >= 15 is 0 Å². The summed E-state index contributed by atoms with van der Waals surface area (Å²) in [6, 6.07) is 4.90. The standard InChI is InChI=1S/C14H22FNO2S/c1-4-19(17,18)7-5-6-14(16-3)12-8-11(2)9-13(15)10-12/h8-10,14,16H,4-7H2,1-3H3. The maximum absolute atomic E-state index is 13.4. The minimum absolute atomic E-state index is 0.0125. The van der Waals surface area contributed by atoms with Gasteiger partial charge in [-0.15, -0.1) is 0 Å². The molecule has 1 atom stereocenters. The van der Waals surface area contributed by atoms with Gasteiger partial charge in [0.1, 0.15) is 15.7 Å². The molecule has 108 valence electrons. The van der Waals surface area contributed by atoms with Crippen LogP contribution in [0.1, 0.15) is 36.9 Å². The highest BCUT2D eigenvalue weighted by Crippen LogP contribution is 2.21. The first-order chi connectivity index (χ1) is 8.88. The molecule has 0 radical (unpaired) electrons. The van der Waals surface area contributed by atoms with Crippen molar-refractivity contribution in [3.05, 3.63) is 35.1 Å². The van der Waals surface area contributed by atoms with Crippen LogP contribution in [0.3, 0.4) is 0 Å². The lowest BCUT2D eigenvalue weighted by Gasteiger charge is -2.17. The lowest BCUT2D eigenvalue weighted by atomic mass is 10.0. The monoisotopic (exact) mass is 287 g/mol. The molecular formula is C14H22FNO2S. The van der Waals surface area contributed by atoms with Crippen LogP contribution in [-0.2, 0) is 9.84 Å². The summed E-state index contributed by atoms with van der Waals surface area (Å²) in [6.45, 7) is 3.50. The molecule has 5 heteroatoms. The molecule has 0 spiro atoms. The summed E-state index contributed by atoms with van der Waals surface area (Å²) in [5, 5.41) is 3.12. The van der Waals surface area contributed by atoms with E-state index in [9.17, 15) is 12.8 Å². The number of sulfone groups is 1. The summed E-state index contributed by atoms with van der Waals surface area (Å²) in [7, 11) is -1.12. The minimum Gasteiger partial charge on any atom is -0.313 e. The summed E-state index contributed by atoms with van der Waals surface area (Å²) < 4.78 is 36.2. The molecule has 3 nitrogen and oxygen atoms in total. The molecule has 0 heterocycles. The van der Waals surface area contributed by atoms with Crippen LogP contribution in [-0.4, -0.2) is 27.0 Å². The van der Waals surface area contributed by atoms with E-state index in [-0.39, 0.29) is 23.4 Å². The number of nitrogens with one attached hydrogen (secondary N) is 1. The van der Waals surface area contributed by atoms with Gasteiger partial charge < -0.3 is 5.32 Å². The molecule has 0 aliphatic heterocycles. The average molecular weight is 287 g/mol. The van der Waals surface area contributed by atoms with Gasteiger partial charge in [0.15, 0.2) is 0 Å². The zero-order valence-electron chi connectivity index (χ0n) is 11.7. The fourth-order valence-corrected chi connectivity index (χ4v) is 2.99. The van der Waals surface area contributed by atoms with E-state index in [4.69, 9.17) is 0 Å². The van der Waals surface area contributed by atoms with Crippen molar-refractivity contribution < 1.29 is 12.8 Å². The second-order valence-corrected chi connectivity index (χ2v) is 7.25. The molecule has 0 saturated heterocycles. The van der Waals surface area contributed by atoms with E-state index in [0.29, 0.717) is 12.8 Å². The van der Waals surface area contributed by atoms with Crippen molar-refractivity contribution in [2.45, 2.75) is 32.7 Å². The van der Waals surface area contributed by atoms with Crippen molar-refractivity contribution in [3.8, 4) is 0 Å². The smallest absolute Gasteiger partial charge is 0.150 e. The van der Waals surface area contributed by atoms with Crippen molar-refractivity contribution in [2.75, 3.05) is 18.6 Å². The maximum Gasteiger partial charge on any atom is 0.150 e. The molecule has 0 aromatic heterocycles. The Labute approximate surface area is 115 Å². The van der Waals surface area contributed by atoms with E-state index in [1.54, 1.807) is 14.0 Å². The highest BCUT2D eigenvalue weighted by atomic mass is 32.2. The van der Waals surface area contributed by atoms with Gasteiger partial charge >= 0.3 is 0 Å². The summed E-state index contributed by atoms with van der Waals surface area (Å²) in [4.78, 5) is 0. The third kappa shape index (κ3) is 5.28. The number of hydrogen-bond acceptors (Lipinski definition) is 3. The summed E-state index contributed by atoms with van der Waals surface area (Å²) in [6.07, 6.45) is 1.26. The first-order valence-corrected chi connectivity index (χ1v) is 8.35. The van der Waals surface area contributed by atoms with Crippen molar-refractivity contribution in [3.63, 3.8) is 0 Å². The molecular weight excluding hydrogens is 265 g/mol. The second kappa shape index (κ2) is 7.01. The van der Waals surface area contributed by atoms with Gasteiger partial charge in [-0.1, -0.05) is 13.0 Å². The lowest BCUT2D eigenvalue weighted by molar-refractivity contribution is 0.529. The van der Waals surface area contributed by atoms with Crippen LogP contribution in [0.15, 0.2) is 18.2 Å². The lowest BCUT2D eigenvalue weighted by Crippen LogP contribution is -2.18. The minimum atomic E-state index is -2.92. The predicted octanol–water partition coefficient (Wildman–Crippen LogP) is 2.61. The quantitative estimate of drug-likeness (QED) is 0.838. The van der Waals surface area contributed by atoms with Crippen molar-refractivity contribution in [2.24, 2.45) is 0 Å². The molecule has 0 aliphatic carbocycles. The highest BCUT2D eigenvalue weighted by Gasteiger charge is 2.13. The topological polar surface area (TPSA) is 46.2 Å². The van der Waals surface area contributed by atoms with Gasteiger partial charge in [-0.2, -0.15) is 0 Å². The van der Waals surface area contributed by atoms with Crippen LogP contribution in [0.5, 0.6) is 0 Å². The normalized spacial score (nSPS) is 13.5. The van der Waals surface area contributed by atoms with E-state index in [1.807, 2.05) is 13.0 Å². The third-order valence-corrected chi connectivity index (χ3v) is 4.99. The zero-order valence-corrected chi connectivity index (χ0v) is 12.6. The largest absolute Gasteiger partial charge is 0.313 e. The molecule has 0 bridgehead atoms. The van der Waals surface area contributed by atoms with Gasteiger partial charge in [-0.05, 0) is 50.1 Å². The molecule has 1 N–H and O–H groups in total. The second-order valence-electron chi connectivity index (χ2n) is 4.78. The van der Waals surface area contributed by atoms with Crippen LogP contribution < -0.4 is 5.32 Å². The molecule has 1 aromatic carbocycles. The van der Waals surface area contributed by atoms with Gasteiger partial charge in [0.05, 0.1) is 5.75 Å². The molecule has 0 fully saturated rings. The Morgan fingerprint density at radius 1 is 1.32 bits per heavy atom. The Morgan fingerprint density at radius 3 is 2.53 bits per heavy atom. The summed E-state index contributed by atoms with van der Waals surface area (Å²) in [5.41, 5.74) is 1.74. The highest BCUT2D eigenvalue weighted by molar-refractivity contribution is 7.91. The third-order valence-electron chi connectivity index (χ3n) is 3.20. The van der Waals surface area contributed by atoms with Gasteiger partial charge in [0, 0.05) is 11.8 Å². The number of aryl methyl sites for hydroxylation is 1. The molecule has 1 unspecified atom stereocenters. The Balaban J connectivity index is 2.68. The number of halogens is 1. The van der Waals surface area contributed by atoms with Crippen molar-refractivity contribution in [1.29, 1.82) is 0 Å². The van der Waals surface area contributed by atoms with Crippen LogP contribution in [0.25, 0.3) is 0 Å². The average Bonchev–Trinajstić information content (AvgIpc) is 2.33.